The fourth-order valence-corrected chi connectivity index (χ4v) is 0. The van der Waals surface area contributed by atoms with Crippen molar-refractivity contribution in [1.29, 1.82) is 0 Å². The van der Waals surface area contributed by atoms with Crippen LogP contribution in [-0.2, 0) is 92.0 Å². The van der Waals surface area contributed by atoms with Crippen molar-refractivity contribution in [3.63, 3.8) is 0 Å². The summed E-state index contributed by atoms with van der Waals surface area (Å²) in [6.07, 6.45) is 0. The van der Waals surface area contributed by atoms with Gasteiger partial charge < -0.3 is 46.1 Å². The van der Waals surface area contributed by atoms with Crippen LogP contribution in [0.2, 0.25) is 0 Å². The van der Waals surface area contributed by atoms with Crippen LogP contribution in [0.1, 0.15) is 0 Å². The van der Waals surface area contributed by atoms with Crippen LogP contribution in [0.15, 0.2) is 0 Å². The molecule has 0 aliphatic carbocycles. The molecule has 0 spiro atoms. The van der Waals surface area contributed by atoms with Gasteiger partial charge in [0.05, 0.1) is 0 Å². The average Bonchev–Trinajstić information content (AvgIpc) is 2.01. The smallest absolute Gasteiger partial charge is 0.466 e. The van der Waals surface area contributed by atoms with Crippen molar-refractivity contribution in [1.82, 2.24) is 0 Å². The summed E-state index contributed by atoms with van der Waals surface area (Å²) in [5, 5.41) is 29.6. The first-order valence-corrected chi connectivity index (χ1v) is 4.56. The summed E-state index contributed by atoms with van der Waals surface area (Å²) in [5.74, 6) is -7.30. The fraction of sp³-hybridized carbons (Fsp3) is 0. The predicted octanol–water partition coefficient (Wildman–Crippen LogP) is -4.28. The molecule has 23 heavy (non-hydrogen) atoms. The van der Waals surface area contributed by atoms with Crippen LogP contribution in [-0.4, -0.2) is 69.9 Å². The molecule has 19 heteroatoms. The van der Waals surface area contributed by atoms with Crippen LogP contribution in [0, 0.1) is 0 Å². The molecular formula is C4H11Cu4O14P. The van der Waals surface area contributed by atoms with Gasteiger partial charge in [-0.1, -0.05) is 0 Å². The van der Waals surface area contributed by atoms with Gasteiger partial charge >= 0.3 is 31.7 Å². The quantitative estimate of drug-likeness (QED) is 0.0830. The average molecular weight is 568 g/mol. The minimum atomic E-state index is -4.64. The standard InChI is InChI=1S/2C2H2O4.4Cu.H3O4P.2H2O/c2*3-1(4)2(5)6;;;;;1-5(2,3)4;;/h2*(H,3,4)(H,5,6);;;;;(H3,1,2,3,4);2*1H2. The van der Waals surface area contributed by atoms with Crippen LogP contribution in [0.4, 0.5) is 0 Å². The normalized spacial score (nSPS) is 6.39. The van der Waals surface area contributed by atoms with E-state index in [0.29, 0.717) is 0 Å². The van der Waals surface area contributed by atoms with Crippen molar-refractivity contribution in [3.8, 4) is 0 Å². The van der Waals surface area contributed by atoms with Gasteiger partial charge in [-0.2, -0.15) is 0 Å². The Balaban J connectivity index is -0.0000000162. The monoisotopic (exact) mass is 566 g/mol. The molecule has 0 unspecified atom stereocenters. The Bertz CT molecular complexity index is 296. The molecule has 0 aromatic carbocycles. The van der Waals surface area contributed by atoms with Crippen molar-refractivity contribution < 1.29 is 138 Å². The summed E-state index contributed by atoms with van der Waals surface area (Å²) in [4.78, 5) is 58.0. The number of carboxylic acid groups (broad SMARTS) is 4. The number of rotatable bonds is 0. The maximum Gasteiger partial charge on any atom is 0.466 e. The third kappa shape index (κ3) is 138. The molecule has 0 saturated carbocycles. The third-order valence-corrected chi connectivity index (χ3v) is 0.366. The molecule has 0 aliphatic heterocycles. The minimum Gasteiger partial charge on any atom is -0.473 e. The predicted molar refractivity (Wildman–Crippen MR) is 52.0 cm³/mol. The van der Waals surface area contributed by atoms with E-state index in [9.17, 15) is 0 Å². The van der Waals surface area contributed by atoms with Gasteiger partial charge in [0.15, 0.2) is 0 Å². The largest absolute Gasteiger partial charge is 0.473 e. The molecule has 0 bridgehead atoms. The minimum absolute atomic E-state index is 0. The van der Waals surface area contributed by atoms with Crippen LogP contribution in [0.25, 0.3) is 0 Å². The third-order valence-electron chi connectivity index (χ3n) is 0.366. The van der Waals surface area contributed by atoms with E-state index in [0.717, 1.165) is 0 Å². The van der Waals surface area contributed by atoms with E-state index in [1.807, 2.05) is 0 Å². The Morgan fingerprint density at radius 3 is 0.565 bits per heavy atom. The first-order chi connectivity index (χ1) is 7.29. The second-order valence-electron chi connectivity index (χ2n) is 1.73. The van der Waals surface area contributed by atoms with Crippen molar-refractivity contribution in [3.05, 3.63) is 0 Å². The molecule has 0 saturated heterocycles. The number of aliphatic carboxylic acids is 4. The van der Waals surface area contributed by atoms with E-state index < -0.39 is 31.7 Å². The first kappa shape index (κ1) is 56.8. The van der Waals surface area contributed by atoms with Crippen LogP contribution < -0.4 is 0 Å². The van der Waals surface area contributed by atoms with Gasteiger partial charge in [0.25, 0.3) is 0 Å². The Hall–Kier alpha value is -0.0121. The van der Waals surface area contributed by atoms with Crippen molar-refractivity contribution >= 4 is 31.7 Å². The number of phosphoric acid groups is 1. The van der Waals surface area contributed by atoms with Gasteiger partial charge in [0.2, 0.25) is 0 Å². The SMILES string of the molecule is O.O.O=C(O)C(=O)O.O=C(O)C(=O)O.O=P(O)(O)O.[Cu].[Cu].[Cu].[Cu]. The molecule has 0 aromatic heterocycles. The van der Waals surface area contributed by atoms with Crippen LogP contribution >= 0.6 is 7.82 Å². The van der Waals surface area contributed by atoms with Gasteiger partial charge in [-0.3, -0.25) is 0 Å². The molecule has 0 fully saturated rings. The summed E-state index contributed by atoms with van der Waals surface area (Å²) in [5.41, 5.74) is 0. The van der Waals surface area contributed by atoms with Gasteiger partial charge in [-0.25, -0.2) is 23.7 Å². The molecule has 11 N–H and O–H groups in total. The zero-order valence-electron chi connectivity index (χ0n) is 9.82. The fourth-order valence-electron chi connectivity index (χ4n) is 0. The molecule has 0 heterocycles. The van der Waals surface area contributed by atoms with Crippen LogP contribution in [0.5, 0.6) is 0 Å². The first-order valence-electron chi connectivity index (χ1n) is 2.99. The van der Waals surface area contributed by atoms with E-state index in [1.54, 1.807) is 0 Å². The number of hydrogen-bond donors (Lipinski definition) is 7. The van der Waals surface area contributed by atoms with Gasteiger partial charge in [0.1, 0.15) is 0 Å². The van der Waals surface area contributed by atoms with Crippen molar-refractivity contribution in [2.24, 2.45) is 0 Å². The second-order valence-corrected chi connectivity index (χ2v) is 2.76. The summed E-state index contributed by atoms with van der Waals surface area (Å²) in [7, 11) is -4.64. The molecule has 0 amide bonds. The molecule has 0 rings (SSSR count). The Morgan fingerprint density at radius 2 is 0.565 bits per heavy atom. The Kier molecular flexibility index (Phi) is 73.9. The molecule has 0 aliphatic rings. The van der Waals surface area contributed by atoms with E-state index >= 15 is 0 Å². The maximum absolute atomic E-state index is 9.10. The zero-order valence-corrected chi connectivity index (χ0v) is 14.5. The Morgan fingerprint density at radius 1 is 0.522 bits per heavy atom. The Labute approximate surface area is 169 Å². The second kappa shape index (κ2) is 29.9. The van der Waals surface area contributed by atoms with Gasteiger partial charge in [-0.05, 0) is 0 Å². The van der Waals surface area contributed by atoms with E-state index in [1.165, 1.54) is 0 Å². The van der Waals surface area contributed by atoms with E-state index in [2.05, 4.69) is 0 Å². The molecule has 0 atom stereocenters. The summed E-state index contributed by atoms with van der Waals surface area (Å²) < 4.78 is 8.88. The molecule has 14 nitrogen and oxygen atoms in total. The van der Waals surface area contributed by atoms with E-state index in [-0.39, 0.29) is 79.2 Å². The van der Waals surface area contributed by atoms with E-state index in [4.69, 9.17) is 58.8 Å². The van der Waals surface area contributed by atoms with Crippen LogP contribution in [0.3, 0.4) is 0 Å². The van der Waals surface area contributed by atoms with Gasteiger partial charge in [-0.15, -0.1) is 0 Å². The number of carboxylic acids is 4. The van der Waals surface area contributed by atoms with Crippen molar-refractivity contribution in [2.75, 3.05) is 0 Å². The molecule has 0 aromatic rings. The topological polar surface area (TPSA) is 290 Å². The number of hydrogen-bond acceptors (Lipinski definition) is 5. The number of carbonyl (C=O) groups is 4. The van der Waals surface area contributed by atoms with Gasteiger partial charge in [0, 0.05) is 68.3 Å². The molecule has 160 valence electrons. The summed E-state index contributed by atoms with van der Waals surface area (Å²) in [6.45, 7) is 0. The summed E-state index contributed by atoms with van der Waals surface area (Å²) in [6, 6.07) is 0. The molecule has 4 radical (unpaired) electrons. The zero-order chi connectivity index (χ0) is 14.8. The molecular weight excluding hydrogens is 557 g/mol. The maximum atomic E-state index is 9.10. The van der Waals surface area contributed by atoms with Crippen molar-refractivity contribution in [2.45, 2.75) is 0 Å². The summed E-state index contributed by atoms with van der Waals surface area (Å²) >= 11 is 0.